The summed E-state index contributed by atoms with van der Waals surface area (Å²) in [5, 5.41) is 3.15. The quantitative estimate of drug-likeness (QED) is 0.204. The molecule has 2 heteroatoms. The van der Waals surface area contributed by atoms with Crippen molar-refractivity contribution in [1.29, 1.82) is 0 Å². The first-order valence-corrected chi connectivity index (χ1v) is 12.3. The summed E-state index contributed by atoms with van der Waals surface area (Å²) in [6.45, 7) is 3.16. The van der Waals surface area contributed by atoms with Crippen molar-refractivity contribution in [3.05, 3.63) is 12.2 Å². The second kappa shape index (κ2) is 18.6. The highest BCUT2D eigenvalue weighted by Crippen LogP contribution is 2.23. The van der Waals surface area contributed by atoms with Gasteiger partial charge in [0.05, 0.1) is 0 Å². The summed E-state index contributed by atoms with van der Waals surface area (Å²) in [6.07, 6.45) is 29.5. The van der Waals surface area contributed by atoms with Gasteiger partial charge in [-0.15, -0.1) is 0 Å². The zero-order valence-electron chi connectivity index (χ0n) is 18.3. The highest BCUT2D eigenvalue weighted by Gasteiger charge is 2.20. The van der Waals surface area contributed by atoms with Crippen molar-refractivity contribution in [3.63, 3.8) is 0 Å². The third kappa shape index (κ3) is 14.9. The maximum Gasteiger partial charge on any atom is 0.223 e. The van der Waals surface area contributed by atoms with Crippen molar-refractivity contribution in [2.45, 2.75) is 129 Å². The summed E-state index contributed by atoms with van der Waals surface area (Å²) >= 11 is 0. The number of allylic oxidation sites excluding steroid dienone is 2. The summed E-state index contributed by atoms with van der Waals surface area (Å²) in [7, 11) is 0. The molecule has 1 amide bonds. The molecule has 0 unspecified atom stereocenters. The SMILES string of the molecule is CCCCCCCC/C=C\CCCCCCCCNC(=O)C1CCCCC1. The number of nitrogens with one attached hydrogen (secondary N) is 1. The molecule has 1 rings (SSSR count). The Hall–Kier alpha value is -0.790. The first kappa shape index (κ1) is 24.2. The molecule has 0 aromatic heterocycles. The number of amides is 1. The third-order valence-electron chi connectivity index (χ3n) is 5.96. The Bertz CT molecular complexity index is 357. The number of carbonyl (C=O) groups excluding carboxylic acids is 1. The minimum absolute atomic E-state index is 0.313. The van der Waals surface area contributed by atoms with E-state index in [0.29, 0.717) is 11.8 Å². The maximum atomic E-state index is 12.0. The van der Waals surface area contributed by atoms with Crippen LogP contribution in [0.2, 0.25) is 0 Å². The van der Waals surface area contributed by atoms with Crippen LogP contribution in [0.4, 0.5) is 0 Å². The second-order valence-corrected chi connectivity index (χ2v) is 8.56. The van der Waals surface area contributed by atoms with Crippen LogP contribution < -0.4 is 5.32 Å². The van der Waals surface area contributed by atoms with Crippen molar-refractivity contribution < 1.29 is 4.79 Å². The largest absolute Gasteiger partial charge is 0.356 e. The molecule has 27 heavy (non-hydrogen) atoms. The Morgan fingerprint density at radius 1 is 0.741 bits per heavy atom. The topological polar surface area (TPSA) is 29.1 Å². The van der Waals surface area contributed by atoms with Crippen LogP contribution in [0.5, 0.6) is 0 Å². The predicted molar refractivity (Wildman–Crippen MR) is 119 cm³/mol. The van der Waals surface area contributed by atoms with E-state index in [1.807, 2.05) is 0 Å². The predicted octanol–water partition coefficient (Wildman–Crippen LogP) is 7.72. The molecule has 0 bridgehead atoms. The highest BCUT2D eigenvalue weighted by molar-refractivity contribution is 5.78. The second-order valence-electron chi connectivity index (χ2n) is 8.56. The summed E-state index contributed by atoms with van der Waals surface area (Å²) in [6, 6.07) is 0. The molecule has 0 atom stereocenters. The fourth-order valence-corrected chi connectivity index (χ4v) is 4.09. The highest BCUT2D eigenvalue weighted by atomic mass is 16.1. The van der Waals surface area contributed by atoms with Crippen molar-refractivity contribution in [1.82, 2.24) is 5.32 Å². The van der Waals surface area contributed by atoms with Gasteiger partial charge in [0.2, 0.25) is 5.91 Å². The van der Waals surface area contributed by atoms with E-state index < -0.39 is 0 Å². The van der Waals surface area contributed by atoms with Gasteiger partial charge in [-0.3, -0.25) is 4.79 Å². The lowest BCUT2D eigenvalue weighted by Crippen LogP contribution is -2.32. The van der Waals surface area contributed by atoms with Gasteiger partial charge in [0.1, 0.15) is 0 Å². The van der Waals surface area contributed by atoms with Gasteiger partial charge in [0.15, 0.2) is 0 Å². The van der Waals surface area contributed by atoms with E-state index >= 15 is 0 Å². The van der Waals surface area contributed by atoms with E-state index in [0.717, 1.165) is 25.8 Å². The van der Waals surface area contributed by atoms with Gasteiger partial charge >= 0.3 is 0 Å². The minimum Gasteiger partial charge on any atom is -0.356 e. The van der Waals surface area contributed by atoms with E-state index in [1.54, 1.807) is 0 Å². The Morgan fingerprint density at radius 3 is 1.85 bits per heavy atom. The first-order valence-electron chi connectivity index (χ1n) is 12.3. The van der Waals surface area contributed by atoms with Crippen LogP contribution in [0, 0.1) is 5.92 Å². The third-order valence-corrected chi connectivity index (χ3v) is 5.96. The molecule has 0 saturated heterocycles. The zero-order valence-corrected chi connectivity index (χ0v) is 18.3. The van der Waals surface area contributed by atoms with E-state index in [2.05, 4.69) is 24.4 Å². The van der Waals surface area contributed by atoms with Crippen LogP contribution in [0.15, 0.2) is 12.2 Å². The Morgan fingerprint density at radius 2 is 1.26 bits per heavy atom. The lowest BCUT2D eigenvalue weighted by atomic mass is 9.88. The Kier molecular flexibility index (Phi) is 16.7. The zero-order chi connectivity index (χ0) is 19.4. The van der Waals surface area contributed by atoms with Gasteiger partial charge in [-0.1, -0.05) is 96.1 Å². The first-order chi connectivity index (χ1) is 13.3. The molecule has 158 valence electrons. The molecule has 0 aromatic carbocycles. The van der Waals surface area contributed by atoms with Crippen molar-refractivity contribution in [3.8, 4) is 0 Å². The molecule has 0 spiro atoms. The van der Waals surface area contributed by atoms with Crippen LogP contribution in [-0.2, 0) is 4.79 Å². The number of carbonyl (C=O) groups is 1. The van der Waals surface area contributed by atoms with Gasteiger partial charge < -0.3 is 5.32 Å². The molecule has 0 aliphatic heterocycles. The van der Waals surface area contributed by atoms with Crippen molar-refractivity contribution in [2.75, 3.05) is 6.54 Å². The standard InChI is InChI=1S/C25H47NO/c1-2-3-4-5-6-7-8-9-10-11-12-13-14-15-16-20-23-26-25(27)24-21-18-17-19-22-24/h9-10,24H,2-8,11-23H2,1H3,(H,26,27)/b10-9-. The maximum absolute atomic E-state index is 12.0. The molecule has 0 aromatic rings. The van der Waals surface area contributed by atoms with Crippen LogP contribution in [-0.4, -0.2) is 12.5 Å². The van der Waals surface area contributed by atoms with E-state index in [1.165, 1.54) is 103 Å². The number of unbranched alkanes of at least 4 members (excludes halogenated alkanes) is 12. The summed E-state index contributed by atoms with van der Waals surface area (Å²) < 4.78 is 0. The molecule has 0 radical (unpaired) electrons. The number of hydrogen-bond acceptors (Lipinski definition) is 1. The van der Waals surface area contributed by atoms with Gasteiger partial charge in [-0.25, -0.2) is 0 Å². The lowest BCUT2D eigenvalue weighted by molar-refractivity contribution is -0.125. The van der Waals surface area contributed by atoms with Gasteiger partial charge in [-0.2, -0.15) is 0 Å². The minimum atomic E-state index is 0.313. The molecule has 1 aliphatic carbocycles. The fourth-order valence-electron chi connectivity index (χ4n) is 4.09. The lowest BCUT2D eigenvalue weighted by Gasteiger charge is -2.20. The van der Waals surface area contributed by atoms with E-state index in [4.69, 9.17) is 0 Å². The molecule has 0 heterocycles. The normalized spacial score (nSPS) is 15.4. The summed E-state index contributed by atoms with van der Waals surface area (Å²) in [5.41, 5.74) is 0. The molecular weight excluding hydrogens is 330 g/mol. The van der Waals surface area contributed by atoms with Gasteiger partial charge in [0, 0.05) is 12.5 Å². The molecular formula is C25H47NO. The van der Waals surface area contributed by atoms with Crippen molar-refractivity contribution >= 4 is 5.91 Å². The molecule has 1 N–H and O–H groups in total. The Balaban J connectivity index is 1.76. The van der Waals surface area contributed by atoms with Crippen molar-refractivity contribution in [2.24, 2.45) is 5.92 Å². The Labute approximate surface area is 170 Å². The average Bonchev–Trinajstić information content (AvgIpc) is 2.70. The van der Waals surface area contributed by atoms with Crippen LogP contribution in [0.1, 0.15) is 129 Å². The van der Waals surface area contributed by atoms with Gasteiger partial charge in [-0.05, 0) is 44.9 Å². The molecule has 1 fully saturated rings. The average molecular weight is 378 g/mol. The number of hydrogen-bond donors (Lipinski definition) is 1. The van der Waals surface area contributed by atoms with Crippen LogP contribution >= 0.6 is 0 Å². The van der Waals surface area contributed by atoms with Crippen LogP contribution in [0.25, 0.3) is 0 Å². The van der Waals surface area contributed by atoms with Crippen LogP contribution in [0.3, 0.4) is 0 Å². The monoisotopic (exact) mass is 377 g/mol. The van der Waals surface area contributed by atoms with E-state index in [-0.39, 0.29) is 0 Å². The molecule has 1 saturated carbocycles. The summed E-state index contributed by atoms with van der Waals surface area (Å²) in [5.74, 6) is 0.635. The fraction of sp³-hybridized carbons (Fsp3) is 0.880. The number of rotatable bonds is 17. The molecule has 1 aliphatic rings. The molecule has 2 nitrogen and oxygen atoms in total. The smallest absolute Gasteiger partial charge is 0.223 e. The van der Waals surface area contributed by atoms with Gasteiger partial charge in [0.25, 0.3) is 0 Å². The summed E-state index contributed by atoms with van der Waals surface area (Å²) in [4.78, 5) is 12.0. The van der Waals surface area contributed by atoms with E-state index in [9.17, 15) is 4.79 Å².